The molecule has 1 amide bonds. The van der Waals surface area contributed by atoms with Crippen LogP contribution in [0.4, 0.5) is 0 Å². The van der Waals surface area contributed by atoms with E-state index in [2.05, 4.69) is 15.0 Å². The Morgan fingerprint density at radius 2 is 1.87 bits per heavy atom. The van der Waals surface area contributed by atoms with Gasteiger partial charge < -0.3 is 20.2 Å². The number of hydrogen-bond acceptors (Lipinski definition) is 6. The summed E-state index contributed by atoms with van der Waals surface area (Å²) in [5.41, 5.74) is 6.11. The second-order valence-corrected chi connectivity index (χ2v) is 7.21. The molecule has 2 aromatic carbocycles. The molecule has 150 valence electrons. The van der Waals surface area contributed by atoms with Crippen LogP contribution in [0, 0.1) is 0 Å². The van der Waals surface area contributed by atoms with E-state index in [0.717, 1.165) is 0 Å². The van der Waals surface area contributed by atoms with Crippen molar-refractivity contribution in [1.82, 2.24) is 19.5 Å². The zero-order valence-corrected chi connectivity index (χ0v) is 16.5. The Labute approximate surface area is 178 Å². The average Bonchev–Trinajstić information content (AvgIpc) is 3.31. The molecule has 3 heterocycles. The topological polar surface area (TPSA) is 125 Å². The van der Waals surface area contributed by atoms with E-state index in [-0.39, 0.29) is 29.5 Å². The van der Waals surface area contributed by atoms with E-state index in [1.54, 1.807) is 36.4 Å². The highest BCUT2D eigenvalue weighted by molar-refractivity contribution is 6.42. The van der Waals surface area contributed by atoms with Crippen LogP contribution in [0.1, 0.15) is 10.5 Å². The van der Waals surface area contributed by atoms with Crippen molar-refractivity contribution in [3.63, 3.8) is 0 Å². The Morgan fingerprint density at radius 1 is 1.07 bits per heavy atom. The van der Waals surface area contributed by atoms with Crippen molar-refractivity contribution in [1.29, 1.82) is 0 Å². The summed E-state index contributed by atoms with van der Waals surface area (Å²) in [6.07, 6.45) is 0. The summed E-state index contributed by atoms with van der Waals surface area (Å²) < 4.78 is 12.0. The molecule has 0 saturated carbocycles. The molecule has 11 heteroatoms. The fourth-order valence-corrected chi connectivity index (χ4v) is 3.49. The minimum Gasteiger partial charge on any atom is -0.454 e. The number of aromatic amines is 1. The Morgan fingerprint density at radius 3 is 2.63 bits per heavy atom. The lowest BCUT2D eigenvalue weighted by Gasteiger charge is -2.08. The molecule has 1 aliphatic rings. The highest BCUT2D eigenvalue weighted by atomic mass is 35.5. The number of fused-ring (bicyclic) bond motifs is 2. The molecule has 0 fully saturated rings. The van der Waals surface area contributed by atoms with E-state index < -0.39 is 11.6 Å². The van der Waals surface area contributed by atoms with Crippen LogP contribution in [0.2, 0.25) is 10.0 Å². The number of halogens is 2. The number of H-pyrrole nitrogens is 1. The van der Waals surface area contributed by atoms with Gasteiger partial charge in [0, 0.05) is 11.6 Å². The fourth-order valence-electron chi connectivity index (χ4n) is 3.19. The molecule has 0 saturated heterocycles. The Kier molecular flexibility index (Phi) is 4.16. The molecule has 0 bridgehead atoms. The van der Waals surface area contributed by atoms with Crippen molar-refractivity contribution in [2.75, 3.05) is 6.79 Å². The number of hydrogen-bond donors (Lipinski definition) is 2. The highest BCUT2D eigenvalue weighted by Crippen LogP contribution is 2.34. The minimum absolute atomic E-state index is 0.0943. The van der Waals surface area contributed by atoms with Crippen LogP contribution in [0.5, 0.6) is 11.5 Å². The van der Waals surface area contributed by atoms with Crippen LogP contribution >= 0.6 is 23.2 Å². The fraction of sp³-hybridized carbons (Fsp3) is 0.0526. The van der Waals surface area contributed by atoms with Gasteiger partial charge in [-0.25, -0.2) is 19.3 Å². The van der Waals surface area contributed by atoms with Gasteiger partial charge in [-0.2, -0.15) is 0 Å². The molecule has 2 aromatic heterocycles. The molecule has 5 rings (SSSR count). The van der Waals surface area contributed by atoms with Gasteiger partial charge in [-0.05, 0) is 30.3 Å². The van der Waals surface area contributed by atoms with Gasteiger partial charge in [-0.15, -0.1) is 0 Å². The molecule has 1 aliphatic heterocycles. The molecule has 0 radical (unpaired) electrons. The van der Waals surface area contributed by atoms with E-state index in [1.807, 2.05) is 0 Å². The standard InChI is InChI=1S/C19H11Cl2N5O4/c20-10-3-1-8(5-11(10)21)17-23-14(16(22)27)15-18(25-17)26(19(28)24-15)9-2-4-12-13(6-9)30-7-29-12/h1-6H,7H2,(H2,22,27)(H,24,28). The van der Waals surface area contributed by atoms with E-state index in [9.17, 15) is 9.59 Å². The first-order valence-electron chi connectivity index (χ1n) is 8.60. The van der Waals surface area contributed by atoms with E-state index in [4.69, 9.17) is 38.4 Å². The lowest BCUT2D eigenvalue weighted by molar-refractivity contribution is 0.0997. The van der Waals surface area contributed by atoms with Crippen LogP contribution in [0.25, 0.3) is 28.2 Å². The van der Waals surface area contributed by atoms with E-state index in [1.165, 1.54) is 4.57 Å². The highest BCUT2D eigenvalue weighted by Gasteiger charge is 2.22. The third kappa shape index (κ3) is 2.87. The maximum atomic E-state index is 12.7. The van der Waals surface area contributed by atoms with Crippen LogP contribution in [-0.2, 0) is 0 Å². The Bertz CT molecular complexity index is 1410. The number of carbonyl (C=O) groups is 1. The van der Waals surface area contributed by atoms with Gasteiger partial charge in [-0.3, -0.25) is 4.79 Å². The van der Waals surface area contributed by atoms with Crippen LogP contribution in [0.15, 0.2) is 41.2 Å². The first-order chi connectivity index (χ1) is 14.4. The number of aromatic nitrogens is 4. The van der Waals surface area contributed by atoms with Crippen molar-refractivity contribution >= 4 is 40.3 Å². The molecule has 3 N–H and O–H groups in total. The van der Waals surface area contributed by atoms with Gasteiger partial charge >= 0.3 is 5.69 Å². The van der Waals surface area contributed by atoms with E-state index in [0.29, 0.717) is 32.8 Å². The zero-order valence-electron chi connectivity index (χ0n) is 15.0. The summed E-state index contributed by atoms with van der Waals surface area (Å²) in [7, 11) is 0. The number of imidazole rings is 1. The third-order valence-electron chi connectivity index (χ3n) is 4.56. The first kappa shape index (κ1) is 18.5. The quantitative estimate of drug-likeness (QED) is 0.501. The lowest BCUT2D eigenvalue weighted by Crippen LogP contribution is -2.15. The number of rotatable bonds is 3. The number of nitrogens with zero attached hydrogens (tertiary/aromatic N) is 3. The summed E-state index contributed by atoms with van der Waals surface area (Å²) in [5, 5.41) is 0.649. The van der Waals surface area contributed by atoms with Crippen molar-refractivity contribution in [3.8, 4) is 28.6 Å². The predicted octanol–water partition coefficient (Wildman–Crippen LogP) is 2.91. The number of nitrogens with one attached hydrogen (secondary N) is 1. The SMILES string of the molecule is NC(=O)c1nc(-c2ccc(Cl)c(Cl)c2)nc2c1[nH]c(=O)n2-c1ccc2c(c1)OCO2. The largest absolute Gasteiger partial charge is 0.454 e. The normalized spacial score (nSPS) is 12.5. The molecule has 0 atom stereocenters. The maximum absolute atomic E-state index is 12.7. The number of primary amides is 1. The number of ether oxygens (including phenoxy) is 2. The van der Waals surface area contributed by atoms with E-state index >= 15 is 0 Å². The minimum atomic E-state index is -0.817. The van der Waals surface area contributed by atoms with Gasteiger partial charge in [0.1, 0.15) is 5.52 Å². The van der Waals surface area contributed by atoms with Gasteiger partial charge in [0.25, 0.3) is 5.91 Å². The number of nitrogens with two attached hydrogens (primary N) is 1. The molecule has 30 heavy (non-hydrogen) atoms. The summed E-state index contributed by atoms with van der Waals surface area (Å²) in [5.74, 6) is 0.393. The molecule has 0 aliphatic carbocycles. The summed E-state index contributed by atoms with van der Waals surface area (Å²) in [4.78, 5) is 36.1. The van der Waals surface area contributed by atoms with Crippen LogP contribution < -0.4 is 20.9 Å². The molecular weight excluding hydrogens is 433 g/mol. The van der Waals surface area contributed by atoms with Crippen molar-refractivity contribution in [3.05, 3.63) is 62.6 Å². The second kappa shape index (κ2) is 6.75. The average molecular weight is 444 g/mol. The molecule has 4 aromatic rings. The molecular formula is C19H11Cl2N5O4. The Balaban J connectivity index is 1.79. The van der Waals surface area contributed by atoms with Gasteiger partial charge in [0.2, 0.25) is 6.79 Å². The summed E-state index contributed by atoms with van der Waals surface area (Å²) in [6.45, 7) is 0.0943. The predicted molar refractivity (Wildman–Crippen MR) is 110 cm³/mol. The van der Waals surface area contributed by atoms with Crippen molar-refractivity contribution in [2.24, 2.45) is 5.73 Å². The first-order valence-corrected chi connectivity index (χ1v) is 9.36. The summed E-state index contributed by atoms with van der Waals surface area (Å²) >= 11 is 12.1. The van der Waals surface area contributed by atoms with Crippen LogP contribution in [0.3, 0.4) is 0 Å². The van der Waals surface area contributed by atoms with Crippen LogP contribution in [-0.4, -0.2) is 32.2 Å². The van der Waals surface area contributed by atoms with Crippen molar-refractivity contribution < 1.29 is 14.3 Å². The molecule has 0 unspecified atom stereocenters. The number of amides is 1. The summed E-state index contributed by atoms with van der Waals surface area (Å²) in [6, 6.07) is 9.79. The Hall–Kier alpha value is -3.56. The monoisotopic (exact) mass is 443 g/mol. The van der Waals surface area contributed by atoms with Crippen molar-refractivity contribution in [2.45, 2.75) is 0 Å². The van der Waals surface area contributed by atoms with Gasteiger partial charge in [-0.1, -0.05) is 23.2 Å². The van der Waals surface area contributed by atoms with Gasteiger partial charge in [0.05, 0.1) is 15.7 Å². The second-order valence-electron chi connectivity index (χ2n) is 6.39. The number of benzene rings is 2. The number of carbonyl (C=O) groups excluding carboxylic acids is 1. The lowest BCUT2D eigenvalue weighted by atomic mass is 10.2. The zero-order chi connectivity index (χ0) is 21.0. The van der Waals surface area contributed by atoms with Gasteiger partial charge in [0.15, 0.2) is 28.7 Å². The maximum Gasteiger partial charge on any atom is 0.332 e. The molecule has 9 nitrogen and oxygen atoms in total. The molecule has 0 spiro atoms. The smallest absolute Gasteiger partial charge is 0.332 e. The third-order valence-corrected chi connectivity index (χ3v) is 5.30.